The largest absolute Gasteiger partial charge is 0.454 e. The predicted molar refractivity (Wildman–Crippen MR) is 134 cm³/mol. The number of fused-ring (bicyclic) bond motifs is 1. The first-order valence-corrected chi connectivity index (χ1v) is 12.6. The van der Waals surface area contributed by atoms with Gasteiger partial charge < -0.3 is 29.9 Å². The number of carbonyl (C=O) groups is 2. The average molecular weight is 479 g/mol. The number of amides is 2. The van der Waals surface area contributed by atoms with Crippen molar-refractivity contribution in [2.75, 3.05) is 44.4 Å². The molecule has 2 aromatic rings. The Labute approximate surface area is 206 Å². The Kier molecular flexibility index (Phi) is 7.08. The molecule has 3 aliphatic heterocycles. The van der Waals surface area contributed by atoms with Crippen molar-refractivity contribution in [1.29, 1.82) is 0 Å². The van der Waals surface area contributed by atoms with Gasteiger partial charge in [-0.2, -0.15) is 0 Å². The van der Waals surface area contributed by atoms with Gasteiger partial charge in [0.15, 0.2) is 11.5 Å². The van der Waals surface area contributed by atoms with Gasteiger partial charge in [0.05, 0.1) is 0 Å². The van der Waals surface area contributed by atoms with Crippen LogP contribution in [-0.4, -0.2) is 62.3 Å². The Morgan fingerprint density at radius 2 is 1.83 bits per heavy atom. The van der Waals surface area contributed by atoms with Crippen molar-refractivity contribution in [3.63, 3.8) is 0 Å². The van der Waals surface area contributed by atoms with Crippen molar-refractivity contribution in [2.45, 2.75) is 38.8 Å². The molecule has 5 rings (SSSR count). The van der Waals surface area contributed by atoms with E-state index in [9.17, 15) is 9.59 Å². The molecule has 186 valence electrons. The highest BCUT2D eigenvalue weighted by Crippen LogP contribution is 2.32. The molecule has 0 bridgehead atoms. The summed E-state index contributed by atoms with van der Waals surface area (Å²) in [6, 6.07) is 14.1. The highest BCUT2D eigenvalue weighted by molar-refractivity contribution is 5.94. The van der Waals surface area contributed by atoms with Crippen LogP contribution in [0.2, 0.25) is 0 Å². The van der Waals surface area contributed by atoms with Crippen molar-refractivity contribution in [2.24, 2.45) is 5.92 Å². The van der Waals surface area contributed by atoms with E-state index in [2.05, 4.69) is 15.5 Å². The summed E-state index contributed by atoms with van der Waals surface area (Å²) in [4.78, 5) is 28.9. The lowest BCUT2D eigenvalue weighted by Crippen LogP contribution is -2.44. The Morgan fingerprint density at radius 3 is 2.57 bits per heavy atom. The van der Waals surface area contributed by atoms with Gasteiger partial charge in [-0.15, -0.1) is 0 Å². The van der Waals surface area contributed by atoms with Gasteiger partial charge in [-0.25, -0.2) is 0 Å². The summed E-state index contributed by atoms with van der Waals surface area (Å²) in [5, 5.41) is 6.67. The molecule has 1 atom stereocenters. The fourth-order valence-electron chi connectivity index (χ4n) is 5.13. The highest BCUT2D eigenvalue weighted by Gasteiger charge is 2.29. The fraction of sp³-hybridized carbons (Fsp3) is 0.481. The van der Waals surface area contributed by atoms with Gasteiger partial charge >= 0.3 is 0 Å². The second-order valence-corrected chi connectivity index (χ2v) is 9.59. The summed E-state index contributed by atoms with van der Waals surface area (Å²) in [6.45, 7) is 7.31. The molecule has 0 aromatic heterocycles. The summed E-state index contributed by atoms with van der Waals surface area (Å²) in [7, 11) is 0. The van der Waals surface area contributed by atoms with Crippen LogP contribution in [0.1, 0.15) is 42.1 Å². The number of rotatable bonds is 8. The molecule has 0 radical (unpaired) electrons. The molecule has 8 nitrogen and oxygen atoms in total. The number of carbonyl (C=O) groups excluding carboxylic acids is 2. The predicted octanol–water partition coefficient (Wildman–Crippen LogP) is 2.77. The van der Waals surface area contributed by atoms with Crippen LogP contribution in [0.5, 0.6) is 11.5 Å². The minimum absolute atomic E-state index is 0.0934. The van der Waals surface area contributed by atoms with Crippen LogP contribution in [0, 0.1) is 5.92 Å². The minimum atomic E-state index is -0.0934. The molecule has 2 aromatic carbocycles. The number of ether oxygens (including phenoxy) is 2. The maximum atomic E-state index is 12.6. The molecule has 0 aliphatic carbocycles. The summed E-state index contributed by atoms with van der Waals surface area (Å²) in [6.07, 6.45) is 2.84. The number of nitrogens with zero attached hydrogens (tertiary/aromatic N) is 2. The third-order valence-corrected chi connectivity index (χ3v) is 7.25. The van der Waals surface area contributed by atoms with Crippen molar-refractivity contribution in [3.05, 3.63) is 53.6 Å². The molecule has 2 N–H and O–H groups in total. The van der Waals surface area contributed by atoms with Gasteiger partial charge in [0, 0.05) is 63.0 Å². The Hall–Kier alpha value is -3.26. The van der Waals surface area contributed by atoms with Gasteiger partial charge in [0.25, 0.3) is 5.91 Å². The fourth-order valence-corrected chi connectivity index (χ4v) is 5.13. The zero-order chi connectivity index (χ0) is 24.2. The first kappa shape index (κ1) is 23.5. The molecule has 1 unspecified atom stereocenters. The van der Waals surface area contributed by atoms with Crippen LogP contribution < -0.4 is 25.0 Å². The number of hydrogen-bond acceptors (Lipinski definition) is 6. The molecule has 3 aliphatic rings. The first-order valence-electron chi connectivity index (χ1n) is 12.6. The van der Waals surface area contributed by atoms with E-state index in [1.165, 1.54) is 0 Å². The second kappa shape index (κ2) is 10.6. The molecule has 35 heavy (non-hydrogen) atoms. The second-order valence-electron chi connectivity index (χ2n) is 9.59. The first-order chi connectivity index (χ1) is 17.1. The zero-order valence-corrected chi connectivity index (χ0v) is 20.3. The molecule has 3 heterocycles. The van der Waals surface area contributed by atoms with Crippen molar-refractivity contribution in [3.8, 4) is 11.5 Å². The standard InChI is InChI=1S/C27H34N4O4/c1-2-30-17-20(14-26(30)32)16-28-22-9-11-31(12-10-22)23-6-4-21(5-7-23)27(33)29-15-19-3-8-24-25(13-19)35-18-34-24/h3-8,13,20,22,28H,2,9-12,14-18H2,1H3,(H,29,33). The van der Waals surface area contributed by atoms with E-state index < -0.39 is 0 Å². The molecule has 0 spiro atoms. The number of nitrogens with one attached hydrogen (secondary N) is 2. The van der Waals surface area contributed by atoms with Crippen molar-refractivity contribution < 1.29 is 19.1 Å². The zero-order valence-electron chi connectivity index (χ0n) is 20.3. The van der Waals surface area contributed by atoms with E-state index in [1.54, 1.807) is 0 Å². The Bertz CT molecular complexity index is 1050. The topological polar surface area (TPSA) is 83.1 Å². The average Bonchev–Trinajstić information content (AvgIpc) is 3.51. The van der Waals surface area contributed by atoms with E-state index in [0.717, 1.165) is 68.3 Å². The van der Waals surface area contributed by atoms with Crippen LogP contribution >= 0.6 is 0 Å². The number of anilines is 1. The number of piperidine rings is 1. The van der Waals surface area contributed by atoms with Crippen molar-refractivity contribution >= 4 is 17.5 Å². The van der Waals surface area contributed by atoms with Gasteiger partial charge in [-0.3, -0.25) is 9.59 Å². The highest BCUT2D eigenvalue weighted by atomic mass is 16.7. The smallest absolute Gasteiger partial charge is 0.251 e. The van der Waals surface area contributed by atoms with Crippen molar-refractivity contribution in [1.82, 2.24) is 15.5 Å². The summed E-state index contributed by atoms with van der Waals surface area (Å²) in [5.41, 5.74) is 2.77. The molecular weight excluding hydrogens is 444 g/mol. The van der Waals surface area contributed by atoms with E-state index in [-0.39, 0.29) is 12.7 Å². The van der Waals surface area contributed by atoms with Gasteiger partial charge in [-0.1, -0.05) is 6.07 Å². The molecule has 2 fully saturated rings. The Balaban J connectivity index is 1.06. The maximum absolute atomic E-state index is 12.6. The third kappa shape index (κ3) is 5.53. The normalized spacial score (nSPS) is 19.9. The van der Waals surface area contributed by atoms with E-state index in [0.29, 0.717) is 36.4 Å². The molecule has 8 heteroatoms. The quantitative estimate of drug-likeness (QED) is 0.607. The number of likely N-dealkylation sites (tertiary alicyclic amines) is 1. The monoisotopic (exact) mass is 478 g/mol. The van der Waals surface area contributed by atoms with E-state index >= 15 is 0 Å². The summed E-state index contributed by atoms with van der Waals surface area (Å²) >= 11 is 0. The van der Waals surface area contributed by atoms with Crippen LogP contribution in [-0.2, 0) is 11.3 Å². The summed E-state index contributed by atoms with van der Waals surface area (Å²) in [5.74, 6) is 2.09. The maximum Gasteiger partial charge on any atom is 0.251 e. The lowest BCUT2D eigenvalue weighted by molar-refractivity contribution is -0.127. The molecule has 0 saturated carbocycles. The lowest BCUT2D eigenvalue weighted by Gasteiger charge is -2.34. The van der Waals surface area contributed by atoms with Crippen LogP contribution in [0.25, 0.3) is 0 Å². The minimum Gasteiger partial charge on any atom is -0.454 e. The molecule has 2 amide bonds. The Morgan fingerprint density at radius 1 is 1.06 bits per heavy atom. The molecular formula is C27H34N4O4. The third-order valence-electron chi connectivity index (χ3n) is 7.25. The van der Waals surface area contributed by atoms with Gasteiger partial charge in [0.2, 0.25) is 12.7 Å². The van der Waals surface area contributed by atoms with E-state index in [1.807, 2.05) is 54.3 Å². The lowest BCUT2D eigenvalue weighted by atomic mass is 10.0. The van der Waals surface area contributed by atoms with Crippen LogP contribution in [0.15, 0.2) is 42.5 Å². The van der Waals surface area contributed by atoms with Gasteiger partial charge in [0.1, 0.15) is 0 Å². The molecule has 2 saturated heterocycles. The number of benzene rings is 2. The summed E-state index contributed by atoms with van der Waals surface area (Å²) < 4.78 is 10.7. The van der Waals surface area contributed by atoms with Crippen LogP contribution in [0.3, 0.4) is 0 Å². The van der Waals surface area contributed by atoms with Gasteiger partial charge in [-0.05, 0) is 67.6 Å². The van der Waals surface area contributed by atoms with E-state index in [4.69, 9.17) is 9.47 Å². The number of hydrogen-bond donors (Lipinski definition) is 2. The van der Waals surface area contributed by atoms with Crippen LogP contribution in [0.4, 0.5) is 5.69 Å². The SMILES string of the molecule is CCN1CC(CNC2CCN(c3ccc(C(=O)NCc4ccc5c(c4)OCO5)cc3)CC2)CC1=O.